The molecule has 3 nitrogen and oxygen atoms in total. The maximum absolute atomic E-state index is 11.6. The monoisotopic (exact) mass is 217 g/mol. The summed E-state index contributed by atoms with van der Waals surface area (Å²) in [6.07, 6.45) is -0.164. The van der Waals surface area contributed by atoms with Gasteiger partial charge in [-0.05, 0) is 5.56 Å². The molecule has 0 radical (unpaired) electrons. The van der Waals surface area contributed by atoms with Crippen LogP contribution < -0.4 is 0 Å². The second kappa shape index (κ2) is 4.00. The minimum absolute atomic E-state index is 0.113. The number of fused-ring (bicyclic) bond motifs is 2. The SMILES string of the molecule is O=C1C2COC1CN(Cc1ccccc1)C2. The molecule has 16 heavy (non-hydrogen) atoms. The minimum atomic E-state index is -0.164. The van der Waals surface area contributed by atoms with Crippen LogP contribution in [0.25, 0.3) is 0 Å². The van der Waals surface area contributed by atoms with Crippen LogP contribution >= 0.6 is 0 Å². The number of ether oxygens (including phenoxy) is 1. The van der Waals surface area contributed by atoms with Gasteiger partial charge in [0.2, 0.25) is 0 Å². The zero-order valence-electron chi connectivity index (χ0n) is 9.13. The molecule has 3 heteroatoms. The Morgan fingerprint density at radius 1 is 1.25 bits per heavy atom. The van der Waals surface area contributed by atoms with Crippen molar-refractivity contribution >= 4 is 5.78 Å². The molecule has 0 N–H and O–H groups in total. The molecule has 84 valence electrons. The van der Waals surface area contributed by atoms with Gasteiger partial charge in [0.05, 0.1) is 12.5 Å². The quantitative estimate of drug-likeness (QED) is 0.742. The van der Waals surface area contributed by atoms with Crippen LogP contribution in [0.4, 0.5) is 0 Å². The third-order valence-corrected chi connectivity index (χ3v) is 3.37. The Labute approximate surface area is 95.0 Å². The Bertz CT molecular complexity index is 374. The Kier molecular flexibility index (Phi) is 2.50. The normalized spacial score (nSPS) is 29.6. The van der Waals surface area contributed by atoms with Crippen molar-refractivity contribution in [3.8, 4) is 0 Å². The van der Waals surface area contributed by atoms with E-state index in [2.05, 4.69) is 29.2 Å². The predicted molar refractivity (Wildman–Crippen MR) is 60.0 cm³/mol. The van der Waals surface area contributed by atoms with Crippen molar-refractivity contribution in [2.75, 3.05) is 19.7 Å². The molecule has 0 aromatic heterocycles. The van der Waals surface area contributed by atoms with E-state index >= 15 is 0 Å². The first-order valence-corrected chi connectivity index (χ1v) is 5.74. The molecule has 1 aromatic carbocycles. The standard InChI is InChI=1S/C13H15NO2/c15-13-11-7-14(8-12(13)16-9-11)6-10-4-2-1-3-5-10/h1-5,11-12H,6-9H2. The van der Waals surface area contributed by atoms with Crippen LogP contribution in [0.5, 0.6) is 0 Å². The number of nitrogens with zero attached hydrogens (tertiary/aromatic N) is 1. The number of hydrogen-bond donors (Lipinski definition) is 0. The van der Waals surface area contributed by atoms with Crippen LogP contribution in [0.3, 0.4) is 0 Å². The molecular formula is C13H15NO2. The lowest BCUT2D eigenvalue weighted by molar-refractivity contribution is -0.128. The largest absolute Gasteiger partial charge is 0.368 e. The highest BCUT2D eigenvalue weighted by atomic mass is 16.5. The molecular weight excluding hydrogens is 202 g/mol. The van der Waals surface area contributed by atoms with E-state index in [4.69, 9.17) is 4.74 Å². The van der Waals surface area contributed by atoms with E-state index in [-0.39, 0.29) is 12.0 Å². The van der Waals surface area contributed by atoms with Crippen molar-refractivity contribution in [1.82, 2.24) is 4.90 Å². The summed E-state index contributed by atoms with van der Waals surface area (Å²) in [7, 11) is 0. The summed E-state index contributed by atoms with van der Waals surface area (Å²) < 4.78 is 5.47. The summed E-state index contributed by atoms with van der Waals surface area (Å²) in [5.41, 5.74) is 1.30. The van der Waals surface area contributed by atoms with Crippen molar-refractivity contribution in [2.45, 2.75) is 12.6 Å². The van der Waals surface area contributed by atoms with E-state index in [1.165, 1.54) is 5.56 Å². The first-order valence-electron chi connectivity index (χ1n) is 5.74. The van der Waals surface area contributed by atoms with Gasteiger partial charge in [-0.15, -0.1) is 0 Å². The molecule has 0 saturated carbocycles. The molecule has 0 spiro atoms. The van der Waals surface area contributed by atoms with Crippen molar-refractivity contribution in [1.29, 1.82) is 0 Å². The van der Waals surface area contributed by atoms with Crippen molar-refractivity contribution < 1.29 is 9.53 Å². The summed E-state index contributed by atoms with van der Waals surface area (Å²) in [5.74, 6) is 0.423. The summed E-state index contributed by atoms with van der Waals surface area (Å²) in [4.78, 5) is 14.0. The van der Waals surface area contributed by atoms with E-state index in [0.717, 1.165) is 19.6 Å². The maximum atomic E-state index is 11.6. The van der Waals surface area contributed by atoms with Crippen LogP contribution in [0.15, 0.2) is 30.3 Å². The van der Waals surface area contributed by atoms with Crippen LogP contribution in [0, 0.1) is 5.92 Å². The molecule has 2 atom stereocenters. The minimum Gasteiger partial charge on any atom is -0.368 e. The molecule has 2 aliphatic rings. The van der Waals surface area contributed by atoms with E-state index in [0.29, 0.717) is 12.4 Å². The Hall–Kier alpha value is -1.19. The Morgan fingerprint density at radius 2 is 2.06 bits per heavy atom. The highest BCUT2D eigenvalue weighted by Crippen LogP contribution is 2.24. The topological polar surface area (TPSA) is 29.5 Å². The van der Waals surface area contributed by atoms with Crippen LogP contribution in [-0.4, -0.2) is 36.5 Å². The summed E-state index contributed by atoms with van der Waals surface area (Å²) in [6, 6.07) is 10.4. The van der Waals surface area contributed by atoms with Gasteiger partial charge in [0.25, 0.3) is 0 Å². The number of benzene rings is 1. The van der Waals surface area contributed by atoms with Gasteiger partial charge in [0, 0.05) is 19.6 Å². The van der Waals surface area contributed by atoms with Gasteiger partial charge < -0.3 is 4.74 Å². The predicted octanol–water partition coefficient (Wildman–Crippen LogP) is 1.09. The summed E-state index contributed by atoms with van der Waals surface area (Å²) in [5, 5.41) is 0. The lowest BCUT2D eigenvalue weighted by Crippen LogP contribution is -2.44. The second-order valence-electron chi connectivity index (χ2n) is 4.60. The van der Waals surface area contributed by atoms with Gasteiger partial charge in [0.1, 0.15) is 6.10 Å². The third-order valence-electron chi connectivity index (χ3n) is 3.37. The molecule has 0 amide bonds. The smallest absolute Gasteiger partial charge is 0.169 e. The molecule has 2 heterocycles. The van der Waals surface area contributed by atoms with E-state index in [1.807, 2.05) is 6.07 Å². The fourth-order valence-electron chi connectivity index (χ4n) is 2.54. The molecule has 2 fully saturated rings. The average molecular weight is 217 g/mol. The van der Waals surface area contributed by atoms with E-state index in [1.54, 1.807) is 0 Å². The van der Waals surface area contributed by atoms with Gasteiger partial charge in [-0.3, -0.25) is 9.69 Å². The molecule has 2 saturated heterocycles. The summed E-state index contributed by atoms with van der Waals surface area (Å²) in [6.45, 7) is 3.15. The maximum Gasteiger partial charge on any atom is 0.169 e. The van der Waals surface area contributed by atoms with Gasteiger partial charge >= 0.3 is 0 Å². The van der Waals surface area contributed by atoms with Crippen molar-refractivity contribution in [2.24, 2.45) is 5.92 Å². The highest BCUT2D eigenvalue weighted by Gasteiger charge is 2.41. The first-order chi connectivity index (χ1) is 7.83. The second-order valence-corrected chi connectivity index (χ2v) is 4.60. The number of carbonyl (C=O) groups is 1. The number of carbonyl (C=O) groups excluding carboxylic acids is 1. The number of likely N-dealkylation sites (tertiary alicyclic amines) is 1. The first kappa shape index (κ1) is 10.00. The zero-order chi connectivity index (χ0) is 11.0. The van der Waals surface area contributed by atoms with Crippen LogP contribution in [0.1, 0.15) is 5.56 Å². The fraction of sp³-hybridized carbons (Fsp3) is 0.462. The number of rotatable bonds is 2. The van der Waals surface area contributed by atoms with Gasteiger partial charge in [0.15, 0.2) is 5.78 Å². The zero-order valence-corrected chi connectivity index (χ0v) is 9.13. The lowest BCUT2D eigenvalue weighted by atomic mass is 9.98. The van der Waals surface area contributed by atoms with E-state index < -0.39 is 0 Å². The molecule has 2 unspecified atom stereocenters. The van der Waals surface area contributed by atoms with E-state index in [9.17, 15) is 4.79 Å². The highest BCUT2D eigenvalue weighted by molar-refractivity contribution is 5.88. The van der Waals surface area contributed by atoms with Crippen LogP contribution in [-0.2, 0) is 16.1 Å². The summed E-state index contributed by atoms with van der Waals surface area (Å²) >= 11 is 0. The third kappa shape index (κ3) is 1.77. The van der Waals surface area contributed by atoms with Gasteiger partial charge in [-0.1, -0.05) is 30.3 Å². The Balaban J connectivity index is 1.68. The molecule has 2 aliphatic heterocycles. The molecule has 3 rings (SSSR count). The lowest BCUT2D eigenvalue weighted by Gasteiger charge is -2.29. The number of Topliss-reactive ketones (excluding diaryl/α,β-unsaturated/α-hetero) is 1. The number of ketones is 1. The van der Waals surface area contributed by atoms with Crippen LogP contribution in [0.2, 0.25) is 0 Å². The van der Waals surface area contributed by atoms with Gasteiger partial charge in [-0.25, -0.2) is 0 Å². The number of hydrogen-bond acceptors (Lipinski definition) is 3. The molecule has 1 aromatic rings. The fourth-order valence-corrected chi connectivity index (χ4v) is 2.54. The Morgan fingerprint density at radius 3 is 2.81 bits per heavy atom. The number of piperidine rings is 1. The van der Waals surface area contributed by atoms with Crippen molar-refractivity contribution in [3.63, 3.8) is 0 Å². The van der Waals surface area contributed by atoms with Gasteiger partial charge in [-0.2, -0.15) is 0 Å². The molecule has 0 aliphatic carbocycles. The average Bonchev–Trinajstić information content (AvgIpc) is 2.54. The molecule has 2 bridgehead atoms. The van der Waals surface area contributed by atoms with Crippen molar-refractivity contribution in [3.05, 3.63) is 35.9 Å².